The molecule has 1 amide bonds. The van der Waals surface area contributed by atoms with E-state index in [-0.39, 0.29) is 18.4 Å². The monoisotopic (exact) mass is 251 g/mol. The summed E-state index contributed by atoms with van der Waals surface area (Å²) < 4.78 is 0. The normalized spacial score (nSPS) is 10.7. The second-order valence-corrected chi connectivity index (χ2v) is 4.50. The molecule has 1 aromatic heterocycles. The molecule has 100 valence electrons. The molecule has 1 rings (SSSR count). The van der Waals surface area contributed by atoms with Crippen LogP contribution in [0.15, 0.2) is 12.4 Å². The van der Waals surface area contributed by atoms with Crippen LogP contribution in [-0.4, -0.2) is 45.6 Å². The van der Waals surface area contributed by atoms with Gasteiger partial charge in [0.05, 0.1) is 12.2 Å². The van der Waals surface area contributed by atoms with Gasteiger partial charge < -0.3 is 10.0 Å². The molecular weight excluding hydrogens is 230 g/mol. The molecular formula is C13H21N3O2. The average molecular weight is 251 g/mol. The van der Waals surface area contributed by atoms with Crippen molar-refractivity contribution in [2.75, 3.05) is 19.7 Å². The van der Waals surface area contributed by atoms with Crippen molar-refractivity contribution in [1.82, 2.24) is 14.9 Å². The van der Waals surface area contributed by atoms with Crippen molar-refractivity contribution in [3.05, 3.63) is 23.8 Å². The van der Waals surface area contributed by atoms with Gasteiger partial charge in [0.15, 0.2) is 0 Å². The number of aromatic nitrogens is 2. The van der Waals surface area contributed by atoms with Gasteiger partial charge >= 0.3 is 0 Å². The first-order chi connectivity index (χ1) is 8.60. The first kappa shape index (κ1) is 14.6. The summed E-state index contributed by atoms with van der Waals surface area (Å²) in [6, 6.07) is 0. The lowest BCUT2D eigenvalue weighted by Gasteiger charge is -2.20. The molecule has 0 fully saturated rings. The topological polar surface area (TPSA) is 66.3 Å². The Kier molecular flexibility index (Phi) is 5.71. The highest BCUT2D eigenvalue weighted by Gasteiger charge is 2.15. The minimum Gasteiger partial charge on any atom is -0.395 e. The maximum atomic E-state index is 12.1. The molecule has 5 nitrogen and oxygen atoms in total. The summed E-state index contributed by atoms with van der Waals surface area (Å²) in [5.74, 6) is 0.857. The summed E-state index contributed by atoms with van der Waals surface area (Å²) >= 11 is 0. The highest BCUT2D eigenvalue weighted by atomic mass is 16.3. The first-order valence-electron chi connectivity index (χ1n) is 6.32. The van der Waals surface area contributed by atoms with Gasteiger partial charge in [0.25, 0.3) is 5.91 Å². The standard InChI is InChI=1S/C13H21N3O2/c1-4-5-16(6-7-17)13(18)11-8-14-12(10(2)3)15-9-11/h8-10,17H,4-7H2,1-3H3. The Hall–Kier alpha value is -1.49. The number of aliphatic hydroxyl groups is 1. The van der Waals surface area contributed by atoms with Gasteiger partial charge in [-0.1, -0.05) is 20.8 Å². The maximum Gasteiger partial charge on any atom is 0.257 e. The third-order valence-corrected chi connectivity index (χ3v) is 2.59. The van der Waals surface area contributed by atoms with Crippen molar-refractivity contribution in [2.45, 2.75) is 33.1 Å². The summed E-state index contributed by atoms with van der Waals surface area (Å²) in [6.07, 6.45) is 3.98. The minimum atomic E-state index is -0.124. The van der Waals surface area contributed by atoms with Crippen LogP contribution in [0, 0.1) is 0 Å². The molecule has 0 bridgehead atoms. The highest BCUT2D eigenvalue weighted by Crippen LogP contribution is 2.09. The number of aliphatic hydroxyl groups excluding tert-OH is 1. The van der Waals surface area contributed by atoms with E-state index in [9.17, 15) is 4.79 Å². The molecule has 0 saturated carbocycles. The summed E-state index contributed by atoms with van der Waals surface area (Å²) in [5, 5.41) is 8.95. The molecule has 18 heavy (non-hydrogen) atoms. The van der Waals surface area contributed by atoms with Gasteiger partial charge in [0, 0.05) is 31.4 Å². The maximum absolute atomic E-state index is 12.1. The Morgan fingerprint density at radius 3 is 2.39 bits per heavy atom. The number of nitrogens with zero attached hydrogens (tertiary/aromatic N) is 3. The molecule has 1 aromatic rings. The molecule has 1 heterocycles. The Labute approximate surface area is 108 Å². The van der Waals surface area contributed by atoms with Crippen molar-refractivity contribution >= 4 is 5.91 Å². The van der Waals surface area contributed by atoms with Crippen LogP contribution in [0.3, 0.4) is 0 Å². The first-order valence-corrected chi connectivity index (χ1v) is 6.32. The molecule has 0 unspecified atom stereocenters. The molecule has 1 N–H and O–H groups in total. The molecule has 0 aliphatic carbocycles. The fourth-order valence-corrected chi connectivity index (χ4v) is 1.63. The van der Waals surface area contributed by atoms with Crippen LogP contribution in [0.5, 0.6) is 0 Å². The van der Waals surface area contributed by atoms with E-state index in [1.165, 1.54) is 0 Å². The van der Waals surface area contributed by atoms with Gasteiger partial charge in [-0.05, 0) is 6.42 Å². The van der Waals surface area contributed by atoms with Crippen LogP contribution in [-0.2, 0) is 0 Å². The Balaban J connectivity index is 2.81. The van der Waals surface area contributed by atoms with Gasteiger partial charge in [0.1, 0.15) is 5.82 Å². The van der Waals surface area contributed by atoms with Crippen LogP contribution in [0.1, 0.15) is 49.3 Å². The van der Waals surface area contributed by atoms with E-state index < -0.39 is 0 Å². The summed E-state index contributed by atoms with van der Waals surface area (Å²) in [4.78, 5) is 22.1. The largest absolute Gasteiger partial charge is 0.395 e. The number of hydrogen-bond acceptors (Lipinski definition) is 4. The van der Waals surface area contributed by atoms with Crippen molar-refractivity contribution in [3.63, 3.8) is 0 Å². The van der Waals surface area contributed by atoms with E-state index in [1.807, 2.05) is 20.8 Å². The lowest BCUT2D eigenvalue weighted by Crippen LogP contribution is -2.34. The fraction of sp³-hybridized carbons (Fsp3) is 0.615. The molecule has 0 saturated heterocycles. The zero-order valence-electron chi connectivity index (χ0n) is 11.3. The summed E-state index contributed by atoms with van der Waals surface area (Å²) in [5.41, 5.74) is 0.473. The van der Waals surface area contributed by atoms with E-state index in [2.05, 4.69) is 9.97 Å². The summed E-state index contributed by atoms with van der Waals surface area (Å²) in [7, 11) is 0. The SMILES string of the molecule is CCCN(CCO)C(=O)c1cnc(C(C)C)nc1. The Morgan fingerprint density at radius 1 is 1.33 bits per heavy atom. The van der Waals surface area contributed by atoms with Crippen LogP contribution >= 0.6 is 0 Å². The molecule has 0 aliphatic heterocycles. The second kappa shape index (κ2) is 7.06. The van der Waals surface area contributed by atoms with Gasteiger partial charge in [-0.2, -0.15) is 0 Å². The van der Waals surface area contributed by atoms with Gasteiger partial charge in [-0.15, -0.1) is 0 Å². The molecule has 5 heteroatoms. The number of rotatable bonds is 6. The molecule has 0 atom stereocenters. The van der Waals surface area contributed by atoms with Gasteiger partial charge in [-0.3, -0.25) is 4.79 Å². The third-order valence-electron chi connectivity index (χ3n) is 2.59. The molecule has 0 spiro atoms. The quantitative estimate of drug-likeness (QED) is 0.831. The molecule has 0 aliphatic rings. The van der Waals surface area contributed by atoms with Crippen LogP contribution in [0.2, 0.25) is 0 Å². The fourth-order valence-electron chi connectivity index (χ4n) is 1.63. The highest BCUT2D eigenvalue weighted by molar-refractivity contribution is 5.93. The zero-order valence-corrected chi connectivity index (χ0v) is 11.3. The van der Waals surface area contributed by atoms with E-state index in [4.69, 9.17) is 5.11 Å². The number of carbonyl (C=O) groups excluding carboxylic acids is 1. The van der Waals surface area contributed by atoms with Crippen LogP contribution < -0.4 is 0 Å². The molecule has 0 radical (unpaired) electrons. The van der Waals surface area contributed by atoms with E-state index in [0.717, 1.165) is 12.2 Å². The van der Waals surface area contributed by atoms with E-state index >= 15 is 0 Å². The van der Waals surface area contributed by atoms with Crippen molar-refractivity contribution in [3.8, 4) is 0 Å². The predicted molar refractivity (Wildman–Crippen MR) is 69.4 cm³/mol. The zero-order chi connectivity index (χ0) is 13.5. The van der Waals surface area contributed by atoms with Gasteiger partial charge in [0.2, 0.25) is 0 Å². The smallest absolute Gasteiger partial charge is 0.257 e. The van der Waals surface area contributed by atoms with Crippen LogP contribution in [0.4, 0.5) is 0 Å². The number of amides is 1. The average Bonchev–Trinajstić information content (AvgIpc) is 2.38. The lowest BCUT2D eigenvalue weighted by atomic mass is 10.2. The Morgan fingerprint density at radius 2 is 1.94 bits per heavy atom. The predicted octanol–water partition coefficient (Wildman–Crippen LogP) is 1.44. The minimum absolute atomic E-state index is 0.0311. The second-order valence-electron chi connectivity index (χ2n) is 4.50. The number of carbonyl (C=O) groups is 1. The van der Waals surface area contributed by atoms with Gasteiger partial charge in [-0.25, -0.2) is 9.97 Å². The van der Waals surface area contributed by atoms with E-state index in [1.54, 1.807) is 17.3 Å². The van der Waals surface area contributed by atoms with Crippen LogP contribution in [0.25, 0.3) is 0 Å². The molecule has 0 aromatic carbocycles. The summed E-state index contributed by atoms with van der Waals surface area (Å²) in [6.45, 7) is 6.95. The van der Waals surface area contributed by atoms with Crippen molar-refractivity contribution < 1.29 is 9.90 Å². The third kappa shape index (κ3) is 3.77. The van der Waals surface area contributed by atoms with Crippen molar-refractivity contribution in [2.24, 2.45) is 0 Å². The number of hydrogen-bond donors (Lipinski definition) is 1. The van der Waals surface area contributed by atoms with E-state index in [0.29, 0.717) is 18.7 Å². The Bertz CT molecular complexity index is 370. The van der Waals surface area contributed by atoms with Crippen molar-refractivity contribution in [1.29, 1.82) is 0 Å². The lowest BCUT2D eigenvalue weighted by molar-refractivity contribution is 0.0721.